The fraction of sp³-hybridized carbons (Fsp3) is 0.650. The number of rotatable bonds is 5. The molecule has 1 amide bonds. The Morgan fingerprint density at radius 1 is 1.36 bits per heavy atom. The number of benzene rings is 1. The largest absolute Gasteiger partial charge is 0.491 e. The summed E-state index contributed by atoms with van der Waals surface area (Å²) >= 11 is 0. The standard InChI is InChI=1S/C20H32N2O3/c1-6-14(2)17-9-7-8-10-18(17)24-13-16-11-15(21)12-22(16)19(23)25-20(3,4)5/h7-10,14-16H,6,11-13,21H2,1-5H3/t14?,15-,16-/m0/s1. The molecule has 0 aliphatic carbocycles. The number of para-hydroxylation sites is 1. The summed E-state index contributed by atoms with van der Waals surface area (Å²) in [4.78, 5) is 14.2. The van der Waals surface area contributed by atoms with E-state index < -0.39 is 5.60 Å². The number of carbonyl (C=O) groups is 1. The van der Waals surface area contributed by atoms with E-state index in [1.165, 1.54) is 5.56 Å². The van der Waals surface area contributed by atoms with Crippen molar-refractivity contribution in [1.82, 2.24) is 4.90 Å². The van der Waals surface area contributed by atoms with E-state index in [2.05, 4.69) is 19.9 Å². The number of likely N-dealkylation sites (tertiary alicyclic amines) is 1. The Morgan fingerprint density at radius 2 is 2.04 bits per heavy atom. The van der Waals surface area contributed by atoms with Crippen LogP contribution >= 0.6 is 0 Å². The van der Waals surface area contributed by atoms with Crippen LogP contribution in [0.25, 0.3) is 0 Å². The summed E-state index contributed by atoms with van der Waals surface area (Å²) in [6.07, 6.45) is 1.47. The number of amides is 1. The van der Waals surface area contributed by atoms with Crippen LogP contribution in [-0.2, 0) is 4.74 Å². The fourth-order valence-electron chi connectivity index (χ4n) is 3.08. The molecule has 0 saturated carbocycles. The molecule has 1 aromatic rings. The molecule has 2 N–H and O–H groups in total. The zero-order valence-electron chi connectivity index (χ0n) is 16.1. The van der Waals surface area contributed by atoms with Gasteiger partial charge in [-0.25, -0.2) is 4.79 Å². The van der Waals surface area contributed by atoms with Gasteiger partial charge in [0.2, 0.25) is 0 Å². The SMILES string of the molecule is CCC(C)c1ccccc1OC[C@@H]1C[C@H](N)CN1C(=O)OC(C)(C)C. The minimum atomic E-state index is -0.516. The van der Waals surface area contributed by atoms with Gasteiger partial charge in [-0.2, -0.15) is 0 Å². The molecule has 0 radical (unpaired) electrons. The number of carbonyl (C=O) groups excluding carboxylic acids is 1. The van der Waals surface area contributed by atoms with Crippen LogP contribution in [0.4, 0.5) is 4.79 Å². The highest BCUT2D eigenvalue weighted by Crippen LogP contribution is 2.29. The van der Waals surface area contributed by atoms with Crippen molar-refractivity contribution in [1.29, 1.82) is 0 Å². The molecule has 1 saturated heterocycles. The second-order valence-electron chi connectivity index (χ2n) is 7.94. The molecule has 0 spiro atoms. The second kappa shape index (κ2) is 8.09. The van der Waals surface area contributed by atoms with E-state index in [1.54, 1.807) is 4.90 Å². The van der Waals surface area contributed by atoms with E-state index >= 15 is 0 Å². The molecular weight excluding hydrogens is 316 g/mol. The van der Waals surface area contributed by atoms with Crippen molar-refractivity contribution >= 4 is 6.09 Å². The van der Waals surface area contributed by atoms with Crippen LogP contribution in [0, 0.1) is 0 Å². The van der Waals surface area contributed by atoms with Crippen LogP contribution in [-0.4, -0.2) is 41.8 Å². The van der Waals surface area contributed by atoms with Crippen molar-refractivity contribution in [3.05, 3.63) is 29.8 Å². The first-order chi connectivity index (χ1) is 11.7. The van der Waals surface area contributed by atoms with Gasteiger partial charge >= 0.3 is 6.09 Å². The van der Waals surface area contributed by atoms with Gasteiger partial charge in [-0.1, -0.05) is 32.0 Å². The Morgan fingerprint density at radius 3 is 2.68 bits per heavy atom. The van der Waals surface area contributed by atoms with Crippen LogP contribution in [0.5, 0.6) is 5.75 Å². The predicted molar refractivity (Wildman–Crippen MR) is 100.0 cm³/mol. The van der Waals surface area contributed by atoms with Gasteiger partial charge in [0, 0.05) is 12.6 Å². The lowest BCUT2D eigenvalue weighted by molar-refractivity contribution is 0.0185. The number of nitrogens with zero attached hydrogens (tertiary/aromatic N) is 1. The molecule has 0 bridgehead atoms. The van der Waals surface area contributed by atoms with E-state index in [0.717, 1.165) is 18.6 Å². The van der Waals surface area contributed by atoms with Crippen LogP contribution in [0.2, 0.25) is 0 Å². The molecule has 1 fully saturated rings. The van der Waals surface area contributed by atoms with Gasteiger partial charge in [-0.05, 0) is 51.2 Å². The maximum absolute atomic E-state index is 12.4. The highest BCUT2D eigenvalue weighted by atomic mass is 16.6. The Labute approximate surface area is 151 Å². The zero-order chi connectivity index (χ0) is 18.6. The molecule has 140 valence electrons. The molecule has 1 aromatic carbocycles. The maximum atomic E-state index is 12.4. The smallest absolute Gasteiger partial charge is 0.410 e. The van der Waals surface area contributed by atoms with Crippen molar-refractivity contribution < 1.29 is 14.3 Å². The Balaban J connectivity index is 2.05. The van der Waals surface area contributed by atoms with Crippen molar-refractivity contribution in [3.63, 3.8) is 0 Å². The van der Waals surface area contributed by atoms with Crippen LogP contribution in [0.3, 0.4) is 0 Å². The monoisotopic (exact) mass is 348 g/mol. The summed E-state index contributed by atoms with van der Waals surface area (Å²) in [6.45, 7) is 10.9. The van der Waals surface area contributed by atoms with Crippen LogP contribution in [0.15, 0.2) is 24.3 Å². The molecule has 0 aromatic heterocycles. The fourth-order valence-corrected chi connectivity index (χ4v) is 3.08. The molecule has 5 nitrogen and oxygen atoms in total. The van der Waals surface area contributed by atoms with E-state index in [1.807, 2.05) is 39.0 Å². The highest BCUT2D eigenvalue weighted by molar-refractivity contribution is 5.69. The third-order valence-electron chi connectivity index (χ3n) is 4.57. The van der Waals surface area contributed by atoms with Crippen molar-refractivity contribution in [2.45, 2.75) is 71.1 Å². The van der Waals surface area contributed by atoms with E-state index in [9.17, 15) is 4.79 Å². The summed E-state index contributed by atoms with van der Waals surface area (Å²) in [5.41, 5.74) is 6.77. The summed E-state index contributed by atoms with van der Waals surface area (Å²) in [7, 11) is 0. The topological polar surface area (TPSA) is 64.8 Å². The quantitative estimate of drug-likeness (QED) is 0.876. The average molecular weight is 348 g/mol. The third kappa shape index (κ3) is 5.36. The van der Waals surface area contributed by atoms with Gasteiger partial charge in [-0.3, -0.25) is 0 Å². The highest BCUT2D eigenvalue weighted by Gasteiger charge is 2.36. The summed E-state index contributed by atoms with van der Waals surface area (Å²) in [6, 6.07) is 8.02. The average Bonchev–Trinajstić information content (AvgIpc) is 2.92. The molecular formula is C20H32N2O3. The van der Waals surface area contributed by atoms with E-state index in [4.69, 9.17) is 15.2 Å². The Bertz CT molecular complexity index is 583. The third-order valence-corrected chi connectivity index (χ3v) is 4.57. The minimum Gasteiger partial charge on any atom is -0.491 e. The summed E-state index contributed by atoms with van der Waals surface area (Å²) < 4.78 is 11.6. The lowest BCUT2D eigenvalue weighted by Gasteiger charge is -2.28. The second-order valence-corrected chi connectivity index (χ2v) is 7.94. The number of nitrogens with two attached hydrogens (primary N) is 1. The molecule has 5 heteroatoms. The first-order valence-electron chi connectivity index (χ1n) is 9.18. The van der Waals surface area contributed by atoms with Crippen molar-refractivity contribution in [2.24, 2.45) is 5.73 Å². The molecule has 2 rings (SSSR count). The van der Waals surface area contributed by atoms with Gasteiger partial charge in [0.1, 0.15) is 18.0 Å². The van der Waals surface area contributed by atoms with Gasteiger partial charge in [-0.15, -0.1) is 0 Å². The molecule has 25 heavy (non-hydrogen) atoms. The van der Waals surface area contributed by atoms with Gasteiger partial charge in [0.05, 0.1) is 6.04 Å². The Hall–Kier alpha value is -1.75. The van der Waals surface area contributed by atoms with Gasteiger partial charge in [0.15, 0.2) is 0 Å². The lowest BCUT2D eigenvalue weighted by atomic mass is 9.98. The maximum Gasteiger partial charge on any atom is 0.410 e. The zero-order valence-corrected chi connectivity index (χ0v) is 16.1. The minimum absolute atomic E-state index is 0.0362. The molecule has 1 unspecified atom stereocenters. The van der Waals surface area contributed by atoms with Crippen LogP contribution < -0.4 is 10.5 Å². The van der Waals surface area contributed by atoms with Crippen LogP contribution in [0.1, 0.15) is 58.9 Å². The van der Waals surface area contributed by atoms with Gasteiger partial charge < -0.3 is 20.1 Å². The van der Waals surface area contributed by atoms with Gasteiger partial charge in [0.25, 0.3) is 0 Å². The number of hydrogen-bond donors (Lipinski definition) is 1. The van der Waals surface area contributed by atoms with Crippen molar-refractivity contribution in [2.75, 3.05) is 13.2 Å². The summed E-state index contributed by atoms with van der Waals surface area (Å²) in [5.74, 6) is 1.32. The first-order valence-corrected chi connectivity index (χ1v) is 9.18. The molecule has 1 heterocycles. The number of hydrogen-bond acceptors (Lipinski definition) is 4. The predicted octanol–water partition coefficient (Wildman–Crippen LogP) is 3.92. The first kappa shape index (κ1) is 19.6. The molecule has 3 atom stereocenters. The van der Waals surface area contributed by atoms with Crippen molar-refractivity contribution in [3.8, 4) is 5.75 Å². The number of ether oxygens (including phenoxy) is 2. The van der Waals surface area contributed by atoms with E-state index in [-0.39, 0.29) is 18.2 Å². The lowest BCUT2D eigenvalue weighted by Crippen LogP contribution is -2.42. The Kier molecular flexibility index (Phi) is 6.33. The van der Waals surface area contributed by atoms with E-state index in [0.29, 0.717) is 19.1 Å². The molecule has 1 aliphatic rings. The normalized spacial score (nSPS) is 21.9. The summed E-state index contributed by atoms with van der Waals surface area (Å²) in [5, 5.41) is 0. The molecule has 1 aliphatic heterocycles.